The Labute approximate surface area is 211 Å². The number of hydrogen-bond donors (Lipinski definition) is 0. The van der Waals surface area contributed by atoms with Gasteiger partial charge in [0.05, 0.1) is 31.9 Å². The molecular weight excluding hydrogens is 457 g/mol. The molecule has 1 fully saturated rings. The van der Waals surface area contributed by atoms with Gasteiger partial charge in [0.1, 0.15) is 23.9 Å². The molecule has 0 spiro atoms. The van der Waals surface area contributed by atoms with Gasteiger partial charge < -0.3 is 19.1 Å². The predicted octanol–water partition coefficient (Wildman–Crippen LogP) is 6.37. The van der Waals surface area contributed by atoms with Gasteiger partial charge in [-0.15, -0.1) is 0 Å². The molecule has 2 aliphatic rings. The lowest BCUT2D eigenvalue weighted by Crippen LogP contribution is -2.33. The zero-order valence-corrected chi connectivity index (χ0v) is 21.2. The molecule has 0 bridgehead atoms. The molecule has 3 aromatic carbocycles. The van der Waals surface area contributed by atoms with E-state index < -0.39 is 0 Å². The summed E-state index contributed by atoms with van der Waals surface area (Å²) in [7, 11) is 5.10. The molecule has 3 atom stereocenters. The number of benzene rings is 3. The highest BCUT2D eigenvalue weighted by atomic mass is 19.1. The Balaban J connectivity index is 1.41. The molecule has 0 N–H and O–H groups in total. The molecule has 3 aromatic rings. The SMILES string of the molecule is COC(=O)[C@@H](C)C(c1ccc2c(c1)N(C)C(c1ccc(-c3cc(OC)ccc3F)cc1)CO2)C1CC1. The van der Waals surface area contributed by atoms with E-state index in [0.717, 1.165) is 41.0 Å². The third-order valence-corrected chi connectivity index (χ3v) is 7.63. The van der Waals surface area contributed by atoms with Crippen molar-refractivity contribution in [2.24, 2.45) is 11.8 Å². The third-order valence-electron chi connectivity index (χ3n) is 7.63. The quantitative estimate of drug-likeness (QED) is 0.361. The average Bonchev–Trinajstić information content (AvgIpc) is 3.74. The van der Waals surface area contributed by atoms with Gasteiger partial charge >= 0.3 is 5.97 Å². The van der Waals surface area contributed by atoms with Crippen LogP contribution >= 0.6 is 0 Å². The Hall–Kier alpha value is -3.54. The number of rotatable bonds is 7. The summed E-state index contributed by atoms with van der Waals surface area (Å²) in [6.45, 7) is 2.48. The molecule has 36 heavy (non-hydrogen) atoms. The molecule has 1 saturated carbocycles. The van der Waals surface area contributed by atoms with Crippen LogP contribution in [0, 0.1) is 17.7 Å². The number of carbonyl (C=O) groups excluding carboxylic acids is 1. The standard InChI is InChI=1S/C30H32FNO4/c1-18(30(33)35-4)29(21-9-10-21)22-11-14-28-26(15-22)32(2)27(17-36-28)20-7-5-19(6-8-20)24-16-23(34-3)12-13-25(24)31/h5-8,11-16,18,21,27,29H,9-10,17H2,1-4H3/t18-,27?,29?/m0/s1. The van der Waals surface area contributed by atoms with Crippen molar-refractivity contribution in [1.82, 2.24) is 0 Å². The number of esters is 1. The van der Waals surface area contributed by atoms with Crippen molar-refractivity contribution in [3.63, 3.8) is 0 Å². The lowest BCUT2D eigenvalue weighted by Gasteiger charge is -2.37. The fraction of sp³-hybridized carbons (Fsp3) is 0.367. The van der Waals surface area contributed by atoms with Crippen molar-refractivity contribution in [2.75, 3.05) is 32.8 Å². The summed E-state index contributed by atoms with van der Waals surface area (Å²) in [5.41, 5.74) is 4.54. The second kappa shape index (κ2) is 9.84. The maximum absolute atomic E-state index is 14.5. The summed E-state index contributed by atoms with van der Waals surface area (Å²) in [5, 5.41) is 0. The molecular formula is C30H32FNO4. The van der Waals surface area contributed by atoms with Crippen molar-refractivity contribution in [3.8, 4) is 22.6 Å². The van der Waals surface area contributed by atoms with Crippen molar-refractivity contribution in [3.05, 3.63) is 77.6 Å². The molecule has 188 valence electrons. The second-order valence-corrected chi connectivity index (χ2v) is 9.81. The molecule has 6 heteroatoms. The Kier molecular flexibility index (Phi) is 6.61. The molecule has 0 aromatic heterocycles. The molecule has 0 radical (unpaired) electrons. The summed E-state index contributed by atoms with van der Waals surface area (Å²) in [4.78, 5) is 14.6. The van der Waals surface area contributed by atoms with Crippen LogP contribution < -0.4 is 14.4 Å². The average molecular weight is 490 g/mol. The zero-order chi connectivity index (χ0) is 25.4. The van der Waals surface area contributed by atoms with E-state index in [1.165, 1.54) is 13.2 Å². The third kappa shape index (κ3) is 4.52. The van der Waals surface area contributed by atoms with Crippen LogP contribution in [0.1, 0.15) is 42.9 Å². The first-order chi connectivity index (χ1) is 17.4. The molecule has 0 saturated heterocycles. The summed E-state index contributed by atoms with van der Waals surface area (Å²) in [6, 6.07) is 19.0. The first kappa shape index (κ1) is 24.2. The molecule has 1 heterocycles. The van der Waals surface area contributed by atoms with Gasteiger partial charge in [-0.1, -0.05) is 37.3 Å². The Bertz CT molecular complexity index is 1250. The van der Waals surface area contributed by atoms with Crippen molar-refractivity contribution < 1.29 is 23.4 Å². The number of anilines is 1. The lowest BCUT2D eigenvalue weighted by molar-refractivity contribution is -0.145. The fourth-order valence-electron chi connectivity index (χ4n) is 5.40. The molecule has 0 amide bonds. The molecule has 1 aliphatic carbocycles. The maximum atomic E-state index is 14.5. The first-order valence-corrected chi connectivity index (χ1v) is 12.4. The minimum Gasteiger partial charge on any atom is -0.497 e. The Morgan fingerprint density at radius 2 is 1.81 bits per heavy atom. The van der Waals surface area contributed by atoms with E-state index in [0.29, 0.717) is 23.8 Å². The normalized spacial score (nSPS) is 18.6. The lowest BCUT2D eigenvalue weighted by atomic mass is 9.83. The Morgan fingerprint density at radius 1 is 1.06 bits per heavy atom. The second-order valence-electron chi connectivity index (χ2n) is 9.81. The highest BCUT2D eigenvalue weighted by Crippen LogP contribution is 2.49. The van der Waals surface area contributed by atoms with E-state index in [4.69, 9.17) is 14.2 Å². The van der Waals surface area contributed by atoms with Gasteiger partial charge in [0, 0.05) is 12.6 Å². The van der Waals surface area contributed by atoms with E-state index in [9.17, 15) is 9.18 Å². The molecule has 5 rings (SSSR count). The van der Waals surface area contributed by atoms with Crippen molar-refractivity contribution in [2.45, 2.75) is 31.7 Å². The van der Waals surface area contributed by atoms with E-state index in [1.807, 2.05) is 37.3 Å². The highest BCUT2D eigenvalue weighted by molar-refractivity contribution is 5.74. The van der Waals surface area contributed by atoms with Crippen molar-refractivity contribution in [1.29, 1.82) is 0 Å². The molecule has 1 aliphatic heterocycles. The number of likely N-dealkylation sites (N-methyl/N-ethyl adjacent to an activating group) is 1. The molecule has 2 unspecified atom stereocenters. The highest BCUT2D eigenvalue weighted by Gasteiger charge is 2.40. The summed E-state index contributed by atoms with van der Waals surface area (Å²) in [6.07, 6.45) is 2.27. The minimum absolute atomic E-state index is 0.00867. The molecule has 5 nitrogen and oxygen atoms in total. The number of ether oxygens (including phenoxy) is 3. The van der Waals surface area contributed by atoms with Gasteiger partial charge in [0.25, 0.3) is 0 Å². The number of halogens is 1. The number of nitrogens with zero attached hydrogens (tertiary/aromatic N) is 1. The van der Waals surface area contributed by atoms with Gasteiger partial charge in [-0.3, -0.25) is 4.79 Å². The number of hydrogen-bond acceptors (Lipinski definition) is 5. The smallest absolute Gasteiger partial charge is 0.309 e. The predicted molar refractivity (Wildman–Crippen MR) is 138 cm³/mol. The van der Waals surface area contributed by atoms with Crippen LogP contribution in [0.15, 0.2) is 60.7 Å². The van der Waals surface area contributed by atoms with Crippen LogP contribution in [-0.2, 0) is 9.53 Å². The van der Waals surface area contributed by atoms with E-state index in [1.54, 1.807) is 19.2 Å². The summed E-state index contributed by atoms with van der Waals surface area (Å²) < 4.78 is 30.9. The van der Waals surface area contributed by atoms with Gasteiger partial charge in [-0.05, 0) is 71.7 Å². The van der Waals surface area contributed by atoms with Gasteiger partial charge in [-0.2, -0.15) is 0 Å². The maximum Gasteiger partial charge on any atom is 0.309 e. The minimum atomic E-state index is -0.283. The van der Waals surface area contributed by atoms with Crippen LogP contribution in [0.4, 0.5) is 10.1 Å². The number of carbonyl (C=O) groups is 1. The van der Waals surface area contributed by atoms with Crippen LogP contribution in [0.5, 0.6) is 11.5 Å². The van der Waals surface area contributed by atoms with Gasteiger partial charge in [0.2, 0.25) is 0 Å². The number of methoxy groups -OCH3 is 2. The number of fused-ring (bicyclic) bond motifs is 1. The van der Waals surface area contributed by atoms with Crippen molar-refractivity contribution >= 4 is 11.7 Å². The fourth-order valence-corrected chi connectivity index (χ4v) is 5.40. The Morgan fingerprint density at radius 3 is 2.47 bits per heavy atom. The van der Waals surface area contributed by atoms with Crippen LogP contribution in [0.2, 0.25) is 0 Å². The summed E-state index contributed by atoms with van der Waals surface area (Å²) in [5.74, 6) is 1.45. The van der Waals surface area contributed by atoms with E-state index in [-0.39, 0.29) is 29.7 Å². The van der Waals surface area contributed by atoms with Crippen LogP contribution in [-0.4, -0.2) is 33.8 Å². The van der Waals surface area contributed by atoms with Gasteiger partial charge in [0.15, 0.2) is 0 Å². The van der Waals surface area contributed by atoms with Crippen LogP contribution in [0.25, 0.3) is 11.1 Å². The largest absolute Gasteiger partial charge is 0.497 e. The van der Waals surface area contributed by atoms with E-state index >= 15 is 0 Å². The monoisotopic (exact) mass is 489 g/mol. The van der Waals surface area contributed by atoms with E-state index in [2.05, 4.69) is 24.1 Å². The van der Waals surface area contributed by atoms with Crippen LogP contribution in [0.3, 0.4) is 0 Å². The summed E-state index contributed by atoms with van der Waals surface area (Å²) >= 11 is 0. The first-order valence-electron chi connectivity index (χ1n) is 12.4. The zero-order valence-electron chi connectivity index (χ0n) is 21.2. The van der Waals surface area contributed by atoms with Gasteiger partial charge in [-0.25, -0.2) is 4.39 Å². The topological polar surface area (TPSA) is 48.0 Å².